The van der Waals surface area contributed by atoms with Crippen LogP contribution in [0.5, 0.6) is 5.75 Å². The van der Waals surface area contributed by atoms with E-state index in [0.717, 1.165) is 34.6 Å². The molecule has 0 saturated carbocycles. The van der Waals surface area contributed by atoms with Gasteiger partial charge in [0.1, 0.15) is 5.75 Å². The summed E-state index contributed by atoms with van der Waals surface area (Å²) < 4.78 is 33.2. The summed E-state index contributed by atoms with van der Waals surface area (Å²) in [5.74, 6) is 0.772. The number of nitrogens with one attached hydrogen (secondary N) is 1. The third-order valence-electron chi connectivity index (χ3n) is 4.08. The van der Waals surface area contributed by atoms with Crippen molar-refractivity contribution in [1.29, 1.82) is 0 Å². The zero-order valence-corrected chi connectivity index (χ0v) is 14.9. The van der Waals surface area contributed by atoms with E-state index in [-0.39, 0.29) is 11.4 Å². The van der Waals surface area contributed by atoms with E-state index >= 15 is 0 Å². The van der Waals surface area contributed by atoms with E-state index < -0.39 is 10.0 Å². The molecule has 1 aromatic carbocycles. The van der Waals surface area contributed by atoms with Gasteiger partial charge in [-0.15, -0.1) is 0 Å². The zero-order chi connectivity index (χ0) is 17.3. The highest BCUT2D eigenvalue weighted by atomic mass is 32.2. The second-order valence-electron chi connectivity index (χ2n) is 5.75. The average Bonchev–Trinajstić information content (AvgIpc) is 3.31. The third-order valence-corrected chi connectivity index (χ3v) is 6.16. The van der Waals surface area contributed by atoms with E-state index in [1.807, 2.05) is 29.0 Å². The highest BCUT2D eigenvalue weighted by Crippen LogP contribution is 2.27. The number of fused-ring (bicyclic) bond motifs is 1. The van der Waals surface area contributed by atoms with Crippen LogP contribution in [0.1, 0.15) is 11.1 Å². The molecule has 0 radical (unpaired) electrons. The van der Waals surface area contributed by atoms with Gasteiger partial charge in [0.15, 0.2) is 0 Å². The van der Waals surface area contributed by atoms with Gasteiger partial charge in [0, 0.05) is 30.1 Å². The molecule has 3 aromatic rings. The van der Waals surface area contributed by atoms with Crippen molar-refractivity contribution in [3.63, 3.8) is 0 Å². The van der Waals surface area contributed by atoms with E-state index in [0.29, 0.717) is 6.61 Å². The number of hydrogen-bond acceptors (Lipinski definition) is 5. The minimum Gasteiger partial charge on any atom is -0.493 e. The standard InChI is InChI=1S/C18H16N2O3S2/c21-25(22,16-1-2-18-14(10-16)4-7-23-18)20-11-13-3-6-19-17(9-13)15-5-8-24-12-15/h1-3,5-6,8-10,12,20H,4,7,11H2. The van der Waals surface area contributed by atoms with E-state index in [1.165, 1.54) is 0 Å². The highest BCUT2D eigenvalue weighted by Gasteiger charge is 2.19. The first-order valence-electron chi connectivity index (χ1n) is 7.85. The second kappa shape index (κ2) is 6.59. The SMILES string of the molecule is O=S(=O)(NCc1ccnc(-c2ccsc2)c1)c1ccc2c(c1)CCO2. The molecular formula is C18H16N2O3S2. The van der Waals surface area contributed by atoms with Gasteiger partial charge in [0.05, 0.1) is 17.2 Å². The number of aromatic nitrogens is 1. The van der Waals surface area contributed by atoms with Crippen LogP contribution in [0.25, 0.3) is 11.3 Å². The number of benzene rings is 1. The van der Waals surface area contributed by atoms with Gasteiger partial charge in [-0.25, -0.2) is 13.1 Å². The van der Waals surface area contributed by atoms with Crippen LogP contribution >= 0.6 is 11.3 Å². The van der Waals surface area contributed by atoms with Crippen LogP contribution in [-0.2, 0) is 23.0 Å². The molecule has 3 heterocycles. The summed E-state index contributed by atoms with van der Waals surface area (Å²) in [5.41, 5.74) is 3.68. The Bertz CT molecular complexity index is 999. The highest BCUT2D eigenvalue weighted by molar-refractivity contribution is 7.89. The van der Waals surface area contributed by atoms with Gasteiger partial charge in [-0.05, 0) is 52.9 Å². The predicted octanol–water partition coefficient (Wildman–Crippen LogP) is 3.22. The number of hydrogen-bond donors (Lipinski definition) is 1. The first kappa shape index (κ1) is 16.3. The third kappa shape index (κ3) is 3.44. The molecule has 1 N–H and O–H groups in total. The van der Waals surface area contributed by atoms with Gasteiger partial charge in [-0.1, -0.05) is 0 Å². The van der Waals surface area contributed by atoms with Crippen molar-refractivity contribution in [2.24, 2.45) is 0 Å². The molecule has 0 bridgehead atoms. The average molecular weight is 372 g/mol. The van der Waals surface area contributed by atoms with Crippen LogP contribution in [0, 0.1) is 0 Å². The number of ether oxygens (including phenoxy) is 1. The predicted molar refractivity (Wildman–Crippen MR) is 97.2 cm³/mol. The van der Waals surface area contributed by atoms with E-state index in [2.05, 4.69) is 9.71 Å². The number of pyridine rings is 1. The quantitative estimate of drug-likeness (QED) is 0.747. The monoisotopic (exact) mass is 372 g/mol. The van der Waals surface area contributed by atoms with Crippen molar-refractivity contribution in [3.05, 3.63) is 64.5 Å². The first-order chi connectivity index (χ1) is 12.1. The number of nitrogens with zero attached hydrogens (tertiary/aromatic N) is 1. The van der Waals surface area contributed by atoms with Gasteiger partial charge >= 0.3 is 0 Å². The Kier molecular flexibility index (Phi) is 4.29. The van der Waals surface area contributed by atoms with Crippen LogP contribution < -0.4 is 9.46 Å². The van der Waals surface area contributed by atoms with Gasteiger partial charge in [0.25, 0.3) is 0 Å². The molecule has 0 fully saturated rings. The van der Waals surface area contributed by atoms with Crippen LogP contribution in [-0.4, -0.2) is 20.0 Å². The molecule has 128 valence electrons. The summed E-state index contributed by atoms with van der Waals surface area (Å²) in [4.78, 5) is 4.61. The van der Waals surface area contributed by atoms with Crippen molar-refractivity contribution in [1.82, 2.24) is 9.71 Å². The molecule has 0 atom stereocenters. The topological polar surface area (TPSA) is 68.3 Å². The number of thiophene rings is 1. The van der Waals surface area contributed by atoms with Crippen molar-refractivity contribution in [2.75, 3.05) is 6.61 Å². The molecule has 0 amide bonds. The molecule has 7 heteroatoms. The zero-order valence-electron chi connectivity index (χ0n) is 13.3. The van der Waals surface area contributed by atoms with Crippen molar-refractivity contribution >= 4 is 21.4 Å². The molecule has 0 saturated heterocycles. The molecule has 1 aliphatic rings. The van der Waals surface area contributed by atoms with Crippen LogP contribution in [0.3, 0.4) is 0 Å². The first-order valence-corrected chi connectivity index (χ1v) is 10.3. The second-order valence-corrected chi connectivity index (χ2v) is 8.30. The van der Waals surface area contributed by atoms with Gasteiger partial charge in [-0.2, -0.15) is 11.3 Å². The Hall–Kier alpha value is -2.22. The Morgan fingerprint density at radius 2 is 2.12 bits per heavy atom. The Morgan fingerprint density at radius 1 is 1.20 bits per heavy atom. The maximum atomic E-state index is 12.6. The lowest BCUT2D eigenvalue weighted by Gasteiger charge is -2.09. The van der Waals surface area contributed by atoms with Crippen molar-refractivity contribution in [2.45, 2.75) is 17.9 Å². The number of sulfonamides is 1. The lowest BCUT2D eigenvalue weighted by molar-refractivity contribution is 0.356. The lowest BCUT2D eigenvalue weighted by atomic mass is 10.1. The fraction of sp³-hybridized carbons (Fsp3) is 0.167. The van der Waals surface area contributed by atoms with Gasteiger partial charge < -0.3 is 4.74 Å². The Labute approximate surface area is 150 Å². The molecule has 5 nitrogen and oxygen atoms in total. The van der Waals surface area contributed by atoms with E-state index in [1.54, 1.807) is 35.7 Å². The Morgan fingerprint density at radius 3 is 2.96 bits per heavy atom. The lowest BCUT2D eigenvalue weighted by Crippen LogP contribution is -2.23. The van der Waals surface area contributed by atoms with Crippen LogP contribution in [0.2, 0.25) is 0 Å². The molecule has 0 unspecified atom stereocenters. The minimum absolute atomic E-state index is 0.218. The number of rotatable bonds is 5. The van der Waals surface area contributed by atoms with E-state index in [9.17, 15) is 8.42 Å². The largest absolute Gasteiger partial charge is 0.493 e. The molecule has 2 aromatic heterocycles. The molecule has 1 aliphatic heterocycles. The van der Waals surface area contributed by atoms with Gasteiger partial charge in [0.2, 0.25) is 10.0 Å². The molecule has 0 spiro atoms. The fourth-order valence-electron chi connectivity index (χ4n) is 2.74. The summed E-state index contributed by atoms with van der Waals surface area (Å²) in [6, 6.07) is 10.7. The Balaban J connectivity index is 1.52. The van der Waals surface area contributed by atoms with Crippen LogP contribution in [0.4, 0.5) is 0 Å². The smallest absolute Gasteiger partial charge is 0.240 e. The molecule has 25 heavy (non-hydrogen) atoms. The normalized spacial score (nSPS) is 13.4. The summed E-state index contributed by atoms with van der Waals surface area (Å²) in [5, 5.41) is 4.01. The molecular weight excluding hydrogens is 356 g/mol. The van der Waals surface area contributed by atoms with Crippen molar-refractivity contribution < 1.29 is 13.2 Å². The summed E-state index contributed by atoms with van der Waals surface area (Å²) >= 11 is 1.60. The van der Waals surface area contributed by atoms with Crippen molar-refractivity contribution in [3.8, 4) is 17.0 Å². The maximum absolute atomic E-state index is 12.6. The summed E-state index contributed by atoms with van der Waals surface area (Å²) in [6.45, 7) is 0.824. The van der Waals surface area contributed by atoms with E-state index in [4.69, 9.17) is 4.74 Å². The maximum Gasteiger partial charge on any atom is 0.240 e. The fourth-order valence-corrected chi connectivity index (χ4v) is 4.46. The minimum atomic E-state index is -3.57. The van der Waals surface area contributed by atoms with Gasteiger partial charge in [-0.3, -0.25) is 4.98 Å². The van der Waals surface area contributed by atoms with Crippen LogP contribution in [0.15, 0.2) is 58.3 Å². The summed E-state index contributed by atoms with van der Waals surface area (Å²) in [6.07, 6.45) is 2.44. The summed E-state index contributed by atoms with van der Waals surface area (Å²) in [7, 11) is -3.57. The molecule has 4 rings (SSSR count). The molecule has 0 aliphatic carbocycles.